The predicted molar refractivity (Wildman–Crippen MR) is 157 cm³/mol. The number of imide groups is 1. The number of urea groups is 1. The van der Waals surface area contributed by atoms with Crippen molar-refractivity contribution in [1.82, 2.24) is 34.0 Å². The molecule has 0 bridgehead atoms. The summed E-state index contributed by atoms with van der Waals surface area (Å²) in [5, 5.41) is 3.02. The highest BCUT2D eigenvalue weighted by Gasteiger charge is 2.52. The average Bonchev–Trinajstić information content (AvgIpc) is 3.67. The molecule has 1 aromatic carbocycles. The van der Waals surface area contributed by atoms with Crippen molar-refractivity contribution in [3.63, 3.8) is 0 Å². The number of benzene rings is 1. The predicted octanol–water partition coefficient (Wildman–Crippen LogP) is 3.96. The van der Waals surface area contributed by atoms with Crippen molar-refractivity contribution < 1.29 is 14.3 Å². The Morgan fingerprint density at radius 2 is 1.79 bits per heavy atom. The number of carbonyl (C=O) groups is 2. The smallest absolute Gasteiger partial charge is 0.325 e. The fourth-order valence-corrected chi connectivity index (χ4v) is 6.10. The molecule has 0 radical (unpaired) electrons. The molecule has 1 spiro atoms. The lowest BCUT2D eigenvalue weighted by atomic mass is 9.87. The number of fused-ring (bicyclic) bond motifs is 2. The Morgan fingerprint density at radius 1 is 1.02 bits per heavy atom. The summed E-state index contributed by atoms with van der Waals surface area (Å²) in [6.45, 7) is 5.48. The van der Waals surface area contributed by atoms with E-state index in [1.165, 1.54) is 4.90 Å². The quantitative estimate of drug-likeness (QED) is 0.298. The molecule has 42 heavy (non-hydrogen) atoms. The van der Waals surface area contributed by atoms with Gasteiger partial charge in [-0.2, -0.15) is 0 Å². The Balaban J connectivity index is 1.02. The zero-order valence-corrected chi connectivity index (χ0v) is 23.6. The maximum absolute atomic E-state index is 13.6. The SMILES string of the molecule is Cc1c(CCN2C(=O)NC3(CCN(c4nccn5ccnc45)CC3)C2=O)nc2cc(O[C@H](C)c3ccccc3)ccn12. The second-order valence-corrected chi connectivity index (χ2v) is 11.0. The van der Waals surface area contributed by atoms with Gasteiger partial charge in [0.15, 0.2) is 11.5 Å². The Hall–Kier alpha value is -4.93. The van der Waals surface area contributed by atoms with Gasteiger partial charge in [-0.15, -0.1) is 0 Å². The largest absolute Gasteiger partial charge is 0.486 e. The number of nitrogens with one attached hydrogen (secondary N) is 1. The fraction of sp³-hybridized carbons (Fsp3) is 0.323. The molecule has 7 rings (SSSR count). The second kappa shape index (κ2) is 10.2. The minimum Gasteiger partial charge on any atom is -0.486 e. The first-order valence-corrected chi connectivity index (χ1v) is 14.3. The van der Waals surface area contributed by atoms with Crippen LogP contribution in [0.2, 0.25) is 0 Å². The summed E-state index contributed by atoms with van der Waals surface area (Å²) in [6, 6.07) is 13.6. The number of nitrogens with zero attached hydrogens (tertiary/aromatic N) is 7. The number of imidazole rings is 2. The molecule has 0 unspecified atom stereocenters. The highest BCUT2D eigenvalue weighted by molar-refractivity contribution is 6.07. The number of aryl methyl sites for hydroxylation is 1. The van der Waals surface area contributed by atoms with Crippen molar-refractivity contribution >= 4 is 29.1 Å². The number of hydrogen-bond acceptors (Lipinski definition) is 7. The Bertz CT molecular complexity index is 1790. The van der Waals surface area contributed by atoms with Crippen LogP contribution in [0.15, 0.2) is 73.4 Å². The van der Waals surface area contributed by atoms with Crippen LogP contribution in [-0.4, -0.2) is 65.8 Å². The highest BCUT2D eigenvalue weighted by Crippen LogP contribution is 2.32. The first-order chi connectivity index (χ1) is 20.4. The molecule has 2 saturated heterocycles. The van der Waals surface area contributed by atoms with Gasteiger partial charge in [-0.1, -0.05) is 30.3 Å². The van der Waals surface area contributed by atoms with Gasteiger partial charge in [-0.3, -0.25) is 9.69 Å². The van der Waals surface area contributed by atoms with Gasteiger partial charge in [0, 0.05) is 68.8 Å². The minimum atomic E-state index is -0.885. The normalized spacial score (nSPS) is 17.4. The first-order valence-electron chi connectivity index (χ1n) is 14.3. The lowest BCUT2D eigenvalue weighted by molar-refractivity contribution is -0.132. The second-order valence-electron chi connectivity index (χ2n) is 11.0. The molecular weight excluding hydrogens is 532 g/mol. The summed E-state index contributed by atoms with van der Waals surface area (Å²) < 4.78 is 10.1. The number of amides is 3. The van der Waals surface area contributed by atoms with E-state index in [0.29, 0.717) is 32.4 Å². The monoisotopic (exact) mass is 564 g/mol. The molecule has 1 atom stereocenters. The third-order valence-electron chi connectivity index (χ3n) is 8.54. The van der Waals surface area contributed by atoms with E-state index in [1.807, 2.05) is 83.7 Å². The molecule has 4 aromatic heterocycles. The van der Waals surface area contributed by atoms with E-state index in [1.54, 1.807) is 12.4 Å². The van der Waals surface area contributed by atoms with Crippen molar-refractivity contribution in [2.24, 2.45) is 0 Å². The van der Waals surface area contributed by atoms with E-state index in [0.717, 1.165) is 39.8 Å². The summed E-state index contributed by atoms with van der Waals surface area (Å²) in [6.07, 6.45) is 10.6. The van der Waals surface area contributed by atoms with Gasteiger partial charge in [0.2, 0.25) is 0 Å². The summed E-state index contributed by atoms with van der Waals surface area (Å²) in [5.74, 6) is 1.36. The average molecular weight is 565 g/mol. The Kier molecular flexibility index (Phi) is 6.29. The van der Waals surface area contributed by atoms with Gasteiger partial charge in [-0.05, 0) is 38.3 Å². The third-order valence-corrected chi connectivity index (χ3v) is 8.54. The summed E-state index contributed by atoms with van der Waals surface area (Å²) >= 11 is 0. The molecule has 5 aromatic rings. The van der Waals surface area contributed by atoms with E-state index in [9.17, 15) is 9.59 Å². The van der Waals surface area contributed by atoms with Gasteiger partial charge in [0.25, 0.3) is 5.91 Å². The van der Waals surface area contributed by atoms with Gasteiger partial charge in [0.1, 0.15) is 23.0 Å². The van der Waals surface area contributed by atoms with Crippen LogP contribution in [0.5, 0.6) is 5.75 Å². The third kappa shape index (κ3) is 4.41. The van der Waals surface area contributed by atoms with Crippen LogP contribution in [-0.2, 0) is 11.2 Å². The molecule has 2 aliphatic rings. The summed E-state index contributed by atoms with van der Waals surface area (Å²) in [4.78, 5) is 43.9. The summed E-state index contributed by atoms with van der Waals surface area (Å²) in [5.41, 5.74) is 3.58. The van der Waals surface area contributed by atoms with Gasteiger partial charge in [0.05, 0.1) is 5.69 Å². The van der Waals surface area contributed by atoms with Crippen molar-refractivity contribution in [1.29, 1.82) is 0 Å². The van der Waals surface area contributed by atoms with Crippen LogP contribution in [0.4, 0.5) is 10.6 Å². The van der Waals surface area contributed by atoms with Crippen LogP contribution in [0.25, 0.3) is 11.3 Å². The topological polar surface area (TPSA) is 109 Å². The molecular formula is C31H32N8O3. The zero-order chi connectivity index (χ0) is 28.8. The number of hydrogen-bond donors (Lipinski definition) is 1. The van der Waals surface area contributed by atoms with E-state index >= 15 is 0 Å². The van der Waals surface area contributed by atoms with Crippen LogP contribution in [0.1, 0.15) is 42.8 Å². The highest BCUT2D eigenvalue weighted by atomic mass is 16.5. The molecule has 11 nitrogen and oxygen atoms in total. The van der Waals surface area contributed by atoms with Crippen LogP contribution in [0.3, 0.4) is 0 Å². The number of ether oxygens (including phenoxy) is 1. The maximum Gasteiger partial charge on any atom is 0.325 e. The number of pyridine rings is 1. The first kappa shape index (κ1) is 26.0. The van der Waals surface area contributed by atoms with Crippen LogP contribution in [0, 0.1) is 6.92 Å². The molecule has 1 N–H and O–H groups in total. The number of anilines is 1. The number of piperidine rings is 1. The molecule has 11 heteroatoms. The Morgan fingerprint density at radius 3 is 2.57 bits per heavy atom. The molecule has 2 fully saturated rings. The van der Waals surface area contributed by atoms with Crippen molar-refractivity contribution in [2.75, 3.05) is 24.5 Å². The number of carbonyl (C=O) groups excluding carboxylic acids is 2. The van der Waals surface area contributed by atoms with Gasteiger partial charge in [-0.25, -0.2) is 19.7 Å². The lowest BCUT2D eigenvalue weighted by Gasteiger charge is -2.37. The van der Waals surface area contributed by atoms with Crippen LogP contribution < -0.4 is 15.0 Å². The van der Waals surface area contributed by atoms with E-state index in [4.69, 9.17) is 9.72 Å². The minimum absolute atomic E-state index is 0.0984. The fourth-order valence-electron chi connectivity index (χ4n) is 6.10. The van der Waals surface area contributed by atoms with Gasteiger partial charge >= 0.3 is 6.03 Å². The zero-order valence-electron chi connectivity index (χ0n) is 23.6. The number of rotatable bonds is 7. The molecule has 214 valence electrons. The van der Waals surface area contributed by atoms with E-state index < -0.39 is 5.54 Å². The lowest BCUT2D eigenvalue weighted by Crippen LogP contribution is -2.55. The van der Waals surface area contributed by atoms with Crippen molar-refractivity contribution in [2.45, 2.75) is 44.8 Å². The molecule has 0 aliphatic carbocycles. The molecule has 6 heterocycles. The van der Waals surface area contributed by atoms with E-state index in [2.05, 4.69) is 20.2 Å². The number of aromatic nitrogens is 5. The Labute approximate surface area is 242 Å². The van der Waals surface area contributed by atoms with Gasteiger partial charge < -0.3 is 23.8 Å². The van der Waals surface area contributed by atoms with Crippen molar-refractivity contribution in [3.8, 4) is 5.75 Å². The molecule has 3 amide bonds. The standard InChI is InChI=1S/C31H32N8O3/c1-21-25(34-26-20-24(8-14-38(21)26)42-22(2)23-6-4-3-5-7-23)9-15-39-29(40)31(35-30(39)41)10-16-36(17-11-31)27-28-33-13-19-37(28)18-12-32-27/h3-8,12-14,18-20,22H,9-11,15-17H2,1-2H3,(H,35,41)/t22-/m1/s1. The summed E-state index contributed by atoms with van der Waals surface area (Å²) in [7, 11) is 0. The van der Waals surface area contributed by atoms with E-state index in [-0.39, 0.29) is 24.6 Å². The maximum atomic E-state index is 13.6. The molecule has 0 saturated carbocycles. The van der Waals surface area contributed by atoms with Crippen molar-refractivity contribution in [3.05, 3.63) is 90.4 Å². The molecule has 2 aliphatic heterocycles. The van der Waals surface area contributed by atoms with Crippen LogP contribution >= 0.6 is 0 Å².